The van der Waals surface area contributed by atoms with Crippen molar-refractivity contribution in [3.8, 4) is 17.0 Å². The number of phenolic OH excluding ortho intramolecular Hbond substituents is 1. The molecule has 2 aromatic rings. The van der Waals surface area contributed by atoms with Gasteiger partial charge in [-0.3, -0.25) is 0 Å². The molecule has 140 valence electrons. The van der Waals surface area contributed by atoms with Crippen LogP contribution < -0.4 is 4.90 Å². The Morgan fingerprint density at radius 3 is 2.65 bits per heavy atom. The minimum absolute atomic E-state index is 0. The number of hydrogen-bond donors (Lipinski definition) is 1. The zero-order valence-corrected chi connectivity index (χ0v) is 15.1. The van der Waals surface area contributed by atoms with Gasteiger partial charge in [0.25, 0.3) is 0 Å². The van der Waals surface area contributed by atoms with Gasteiger partial charge in [-0.05, 0) is 18.1 Å². The number of hydrogen-bond acceptors (Lipinski definition) is 6. The molecule has 7 heteroatoms. The molecule has 0 atom stereocenters. The molecule has 0 unspecified atom stereocenters. The van der Waals surface area contributed by atoms with Crippen molar-refractivity contribution in [2.75, 3.05) is 37.7 Å². The molecule has 1 aliphatic rings. The normalized spacial score (nSPS) is 14.6. The van der Waals surface area contributed by atoms with Crippen LogP contribution in [-0.4, -0.2) is 58.9 Å². The number of carbonyl (C=O) groups excluding carboxylic acids is 1. The predicted molar refractivity (Wildman–Crippen MR) is 101 cm³/mol. The minimum Gasteiger partial charge on any atom is -0.507 e. The number of nitrogens with zero attached hydrogens (tertiary/aromatic N) is 4. The van der Waals surface area contributed by atoms with Crippen LogP contribution in [0.15, 0.2) is 36.7 Å². The molecule has 0 bridgehead atoms. The van der Waals surface area contributed by atoms with E-state index < -0.39 is 0 Å². The number of para-hydroxylation sites is 1. The maximum atomic E-state index is 12.1. The summed E-state index contributed by atoms with van der Waals surface area (Å²) in [6, 6.07) is 8.96. The fourth-order valence-corrected chi connectivity index (χ4v) is 2.80. The highest BCUT2D eigenvalue weighted by Gasteiger charge is 2.23. The molecule has 1 saturated heterocycles. The van der Waals surface area contributed by atoms with Crippen LogP contribution >= 0.6 is 0 Å². The molecule has 1 aromatic carbocycles. The Balaban J connectivity index is 0.00000261. The summed E-state index contributed by atoms with van der Waals surface area (Å²) in [7, 11) is 0. The summed E-state index contributed by atoms with van der Waals surface area (Å²) in [5.41, 5.74) is 1.35. The lowest BCUT2D eigenvalue weighted by Crippen LogP contribution is -2.49. The molecular weight excluding hydrogens is 332 g/mol. The fourth-order valence-electron chi connectivity index (χ4n) is 2.80. The van der Waals surface area contributed by atoms with E-state index in [0.29, 0.717) is 50.0 Å². The molecule has 1 aromatic heterocycles. The third-order valence-corrected chi connectivity index (χ3v) is 4.23. The van der Waals surface area contributed by atoms with Gasteiger partial charge in [0.15, 0.2) is 0 Å². The number of aromatic hydroxyl groups is 1. The lowest BCUT2D eigenvalue weighted by atomic mass is 10.1. The highest BCUT2D eigenvalue weighted by molar-refractivity contribution is 5.69. The van der Waals surface area contributed by atoms with Crippen molar-refractivity contribution in [2.45, 2.75) is 13.8 Å². The van der Waals surface area contributed by atoms with Crippen LogP contribution in [-0.2, 0) is 4.74 Å². The summed E-state index contributed by atoms with van der Waals surface area (Å²) in [6.45, 7) is 7.00. The number of rotatable bonds is 4. The van der Waals surface area contributed by atoms with Gasteiger partial charge < -0.3 is 19.6 Å². The average molecular weight is 358 g/mol. The Hall–Kier alpha value is -2.83. The van der Waals surface area contributed by atoms with Crippen molar-refractivity contribution in [3.05, 3.63) is 36.7 Å². The van der Waals surface area contributed by atoms with E-state index in [9.17, 15) is 9.90 Å². The largest absolute Gasteiger partial charge is 0.507 e. The molecule has 2 heterocycles. The van der Waals surface area contributed by atoms with Crippen LogP contribution in [0.3, 0.4) is 0 Å². The topological polar surface area (TPSA) is 78.8 Å². The smallest absolute Gasteiger partial charge is 0.409 e. The Kier molecular flexibility index (Phi) is 5.55. The van der Waals surface area contributed by atoms with Crippen molar-refractivity contribution in [2.24, 2.45) is 5.92 Å². The number of piperazine rings is 1. The number of ether oxygens (including phenoxy) is 1. The summed E-state index contributed by atoms with van der Waals surface area (Å²) in [5.74, 6) is 1.30. The number of anilines is 1. The Morgan fingerprint density at radius 2 is 1.96 bits per heavy atom. The van der Waals surface area contributed by atoms with Gasteiger partial charge in [0, 0.05) is 39.2 Å². The molecule has 7 nitrogen and oxygen atoms in total. The molecule has 0 spiro atoms. The predicted octanol–water partition coefficient (Wildman–Crippen LogP) is 3.01. The van der Waals surface area contributed by atoms with Gasteiger partial charge in [-0.25, -0.2) is 14.8 Å². The SMILES string of the molecule is CC(C)COC(=O)N1CCN(c2cc(-c3ccccc3O)ncn2)CC1.[HH]. The van der Waals surface area contributed by atoms with E-state index in [-0.39, 0.29) is 13.3 Å². The quantitative estimate of drug-likeness (QED) is 0.905. The summed E-state index contributed by atoms with van der Waals surface area (Å²) in [5, 5.41) is 10.0. The molecule has 1 fully saturated rings. The fraction of sp³-hybridized carbons (Fsp3) is 0.421. The molecular formula is C19H26N4O3. The average Bonchev–Trinajstić information content (AvgIpc) is 2.66. The van der Waals surface area contributed by atoms with Crippen LogP contribution in [0.5, 0.6) is 5.75 Å². The van der Waals surface area contributed by atoms with Gasteiger partial charge in [0.2, 0.25) is 0 Å². The number of phenols is 1. The van der Waals surface area contributed by atoms with Crippen molar-refractivity contribution in [1.82, 2.24) is 14.9 Å². The van der Waals surface area contributed by atoms with Crippen LogP contribution in [0.1, 0.15) is 15.3 Å². The van der Waals surface area contributed by atoms with Crippen LogP contribution in [0.4, 0.5) is 10.6 Å². The second-order valence-corrected chi connectivity index (χ2v) is 6.72. The first-order valence-electron chi connectivity index (χ1n) is 8.81. The standard InChI is InChI=1S/C19H24N4O3.H2/c1-14(2)12-26-19(25)23-9-7-22(8-10-23)18-11-16(20-13-21-18)15-5-3-4-6-17(15)24;/h3-6,11,13-14,24H,7-10,12H2,1-2H3;1H. The molecule has 3 rings (SSSR count). The minimum atomic E-state index is -0.254. The zero-order chi connectivity index (χ0) is 18.5. The van der Waals surface area contributed by atoms with E-state index in [1.165, 1.54) is 6.33 Å². The molecule has 1 N–H and O–H groups in total. The van der Waals surface area contributed by atoms with Gasteiger partial charge in [0.1, 0.15) is 17.9 Å². The Labute approximate surface area is 154 Å². The van der Waals surface area contributed by atoms with E-state index in [0.717, 1.165) is 5.82 Å². The van der Waals surface area contributed by atoms with Crippen LogP contribution in [0.25, 0.3) is 11.3 Å². The number of benzene rings is 1. The van der Waals surface area contributed by atoms with Gasteiger partial charge in [-0.2, -0.15) is 0 Å². The van der Waals surface area contributed by atoms with E-state index in [4.69, 9.17) is 4.74 Å². The monoisotopic (exact) mass is 358 g/mol. The van der Waals surface area contributed by atoms with Crippen LogP contribution in [0.2, 0.25) is 0 Å². The van der Waals surface area contributed by atoms with Crippen molar-refractivity contribution in [1.29, 1.82) is 0 Å². The first kappa shape index (κ1) is 18.0. The summed E-state index contributed by atoms with van der Waals surface area (Å²) < 4.78 is 5.29. The molecule has 1 amide bonds. The lowest BCUT2D eigenvalue weighted by molar-refractivity contribution is 0.0901. The second-order valence-electron chi connectivity index (χ2n) is 6.72. The lowest BCUT2D eigenvalue weighted by Gasteiger charge is -2.34. The van der Waals surface area contributed by atoms with Crippen LogP contribution in [0, 0.1) is 5.92 Å². The zero-order valence-electron chi connectivity index (χ0n) is 15.1. The Bertz CT molecular complexity index is 764. The van der Waals surface area contributed by atoms with E-state index in [1.54, 1.807) is 17.0 Å². The molecule has 0 aliphatic carbocycles. The summed E-state index contributed by atoms with van der Waals surface area (Å²) in [4.78, 5) is 24.5. The highest BCUT2D eigenvalue weighted by Crippen LogP contribution is 2.28. The number of carbonyl (C=O) groups is 1. The van der Waals surface area contributed by atoms with E-state index >= 15 is 0 Å². The molecule has 0 saturated carbocycles. The number of aromatic nitrogens is 2. The first-order valence-corrected chi connectivity index (χ1v) is 8.81. The second kappa shape index (κ2) is 8.03. The third-order valence-electron chi connectivity index (χ3n) is 4.23. The van der Waals surface area contributed by atoms with E-state index in [1.807, 2.05) is 32.0 Å². The Morgan fingerprint density at radius 1 is 1.23 bits per heavy atom. The van der Waals surface area contributed by atoms with Gasteiger partial charge in [0.05, 0.1) is 12.3 Å². The third kappa shape index (κ3) is 4.22. The molecule has 26 heavy (non-hydrogen) atoms. The summed E-state index contributed by atoms with van der Waals surface area (Å²) in [6.07, 6.45) is 1.25. The number of amides is 1. The van der Waals surface area contributed by atoms with Gasteiger partial charge >= 0.3 is 6.09 Å². The first-order chi connectivity index (χ1) is 12.5. The van der Waals surface area contributed by atoms with Gasteiger partial charge in [-0.1, -0.05) is 26.0 Å². The van der Waals surface area contributed by atoms with Gasteiger partial charge in [-0.15, -0.1) is 0 Å². The molecule has 0 radical (unpaired) electrons. The van der Waals surface area contributed by atoms with Crippen molar-refractivity contribution >= 4 is 11.9 Å². The maximum absolute atomic E-state index is 12.1. The molecule has 1 aliphatic heterocycles. The maximum Gasteiger partial charge on any atom is 0.409 e. The van der Waals surface area contributed by atoms with Crippen molar-refractivity contribution in [3.63, 3.8) is 0 Å². The highest BCUT2D eigenvalue weighted by atomic mass is 16.6. The summed E-state index contributed by atoms with van der Waals surface area (Å²) >= 11 is 0. The van der Waals surface area contributed by atoms with E-state index in [2.05, 4.69) is 14.9 Å². The van der Waals surface area contributed by atoms with Crippen molar-refractivity contribution < 1.29 is 16.1 Å².